The number of benzene rings is 1. The molecule has 1 aromatic carbocycles. The summed E-state index contributed by atoms with van der Waals surface area (Å²) in [5, 5.41) is 5.11. The van der Waals surface area contributed by atoms with E-state index in [1.165, 1.54) is 17.7 Å². The highest BCUT2D eigenvalue weighted by Crippen LogP contribution is 2.26. The molecule has 0 amide bonds. The molecule has 1 fully saturated rings. The van der Waals surface area contributed by atoms with Crippen LogP contribution in [0.2, 0.25) is 0 Å². The van der Waals surface area contributed by atoms with Gasteiger partial charge in [-0.05, 0) is 36.4 Å². The summed E-state index contributed by atoms with van der Waals surface area (Å²) < 4.78 is 17.0. The third-order valence-electron chi connectivity index (χ3n) is 4.40. The molecule has 3 heterocycles. The second-order valence-corrected chi connectivity index (χ2v) is 6.09. The van der Waals surface area contributed by atoms with Crippen molar-refractivity contribution >= 4 is 16.7 Å². The average molecular weight is 355 g/mol. The van der Waals surface area contributed by atoms with Crippen LogP contribution in [0.25, 0.3) is 10.8 Å². The Labute approximate surface area is 148 Å². The average Bonchev–Trinajstić information content (AvgIpc) is 3.35. The lowest BCUT2D eigenvalue weighted by Crippen LogP contribution is -2.21. The van der Waals surface area contributed by atoms with E-state index in [2.05, 4.69) is 10.1 Å². The summed E-state index contributed by atoms with van der Waals surface area (Å²) in [6.07, 6.45) is 3.33. The second-order valence-electron chi connectivity index (χ2n) is 6.09. The molecule has 0 aliphatic carbocycles. The van der Waals surface area contributed by atoms with E-state index >= 15 is 0 Å². The molecule has 8 nitrogen and oxygen atoms in total. The quantitative estimate of drug-likeness (QED) is 0.661. The molecule has 134 valence electrons. The van der Waals surface area contributed by atoms with E-state index in [-0.39, 0.29) is 18.2 Å². The number of pyridine rings is 1. The van der Waals surface area contributed by atoms with Gasteiger partial charge in [-0.3, -0.25) is 4.79 Å². The molecule has 8 heteroatoms. The Hall–Kier alpha value is -3.00. The van der Waals surface area contributed by atoms with Crippen LogP contribution in [0.15, 0.2) is 39.8 Å². The fourth-order valence-electron chi connectivity index (χ4n) is 3.04. The lowest BCUT2D eigenvalue weighted by molar-refractivity contribution is 0.0601. The van der Waals surface area contributed by atoms with Gasteiger partial charge < -0.3 is 18.6 Å². The zero-order valence-electron chi connectivity index (χ0n) is 14.2. The van der Waals surface area contributed by atoms with Crippen LogP contribution in [0.4, 0.5) is 0 Å². The minimum Gasteiger partial charge on any atom is -0.465 e. The Bertz CT molecular complexity index is 1020. The Balaban J connectivity index is 1.65. The maximum absolute atomic E-state index is 12.8. The molecule has 3 aromatic rings. The van der Waals surface area contributed by atoms with Gasteiger partial charge in [0.25, 0.3) is 11.4 Å². The summed E-state index contributed by atoms with van der Waals surface area (Å²) in [5.41, 5.74) is 0.0896. The molecule has 4 rings (SSSR count). The van der Waals surface area contributed by atoms with Gasteiger partial charge in [-0.1, -0.05) is 11.2 Å². The van der Waals surface area contributed by atoms with Crippen molar-refractivity contribution in [1.82, 2.24) is 14.7 Å². The lowest BCUT2D eigenvalue weighted by atomic mass is 10.1. The van der Waals surface area contributed by atoms with Crippen molar-refractivity contribution in [2.75, 3.05) is 13.7 Å². The van der Waals surface area contributed by atoms with Crippen molar-refractivity contribution in [2.24, 2.45) is 0 Å². The fraction of sp³-hybridized carbons (Fsp3) is 0.333. The summed E-state index contributed by atoms with van der Waals surface area (Å²) in [6.45, 7) is 0.864. The van der Waals surface area contributed by atoms with E-state index in [1.807, 2.05) is 0 Å². The molecular weight excluding hydrogens is 338 g/mol. The monoisotopic (exact) mass is 355 g/mol. The third-order valence-corrected chi connectivity index (χ3v) is 4.40. The first-order chi connectivity index (χ1) is 12.7. The van der Waals surface area contributed by atoms with Gasteiger partial charge in [0.1, 0.15) is 6.10 Å². The number of carbonyl (C=O) groups is 1. The van der Waals surface area contributed by atoms with Crippen molar-refractivity contribution < 1.29 is 18.8 Å². The number of rotatable bonds is 4. The first kappa shape index (κ1) is 16.5. The molecule has 1 saturated heterocycles. The molecule has 1 aliphatic heterocycles. The maximum Gasteiger partial charge on any atom is 0.337 e. The van der Waals surface area contributed by atoms with Crippen LogP contribution in [-0.4, -0.2) is 34.4 Å². The highest BCUT2D eigenvalue weighted by molar-refractivity contribution is 5.95. The van der Waals surface area contributed by atoms with E-state index < -0.39 is 5.97 Å². The van der Waals surface area contributed by atoms with Crippen LogP contribution in [-0.2, 0) is 16.0 Å². The Morgan fingerprint density at radius 1 is 1.38 bits per heavy atom. The smallest absolute Gasteiger partial charge is 0.337 e. The normalized spacial score (nSPS) is 16.9. The van der Waals surface area contributed by atoms with Gasteiger partial charge in [0.2, 0.25) is 0 Å². The number of ether oxygens (including phenoxy) is 2. The second kappa shape index (κ2) is 6.72. The van der Waals surface area contributed by atoms with Crippen molar-refractivity contribution in [3.05, 3.63) is 58.1 Å². The molecule has 0 N–H and O–H groups in total. The fourth-order valence-corrected chi connectivity index (χ4v) is 3.04. The molecule has 0 spiro atoms. The van der Waals surface area contributed by atoms with Gasteiger partial charge in [-0.2, -0.15) is 4.98 Å². The summed E-state index contributed by atoms with van der Waals surface area (Å²) in [5.74, 6) is 0.362. The predicted octanol–water partition coefficient (Wildman–Crippen LogP) is 2.07. The van der Waals surface area contributed by atoms with Crippen molar-refractivity contribution in [2.45, 2.75) is 25.5 Å². The van der Waals surface area contributed by atoms with Gasteiger partial charge >= 0.3 is 5.97 Å². The van der Waals surface area contributed by atoms with E-state index in [9.17, 15) is 9.59 Å². The number of esters is 1. The summed E-state index contributed by atoms with van der Waals surface area (Å²) >= 11 is 0. The number of hydrogen-bond acceptors (Lipinski definition) is 7. The number of aromatic nitrogens is 3. The highest BCUT2D eigenvalue weighted by Gasteiger charge is 2.24. The topological polar surface area (TPSA) is 96.5 Å². The molecule has 26 heavy (non-hydrogen) atoms. The van der Waals surface area contributed by atoms with E-state index in [0.29, 0.717) is 29.3 Å². The lowest BCUT2D eigenvalue weighted by Gasteiger charge is -2.06. The van der Waals surface area contributed by atoms with Crippen LogP contribution in [0, 0.1) is 0 Å². The summed E-state index contributed by atoms with van der Waals surface area (Å²) in [4.78, 5) is 28.8. The number of fused-ring (bicyclic) bond motifs is 1. The van der Waals surface area contributed by atoms with Gasteiger partial charge in [0.05, 0.1) is 19.2 Å². The number of carbonyl (C=O) groups excluding carboxylic acids is 1. The molecule has 0 bridgehead atoms. The standard InChI is InChI=1S/C18H17N3O5/c1-24-18(23)12-5-4-11-6-7-21(17(22)13(11)9-12)10-15-19-16(26-20-15)14-3-2-8-25-14/h4-7,9,14H,2-3,8,10H2,1H3/t14-/m0/s1. The summed E-state index contributed by atoms with van der Waals surface area (Å²) in [7, 11) is 1.30. The third kappa shape index (κ3) is 2.99. The highest BCUT2D eigenvalue weighted by atomic mass is 16.5. The van der Waals surface area contributed by atoms with Crippen molar-refractivity contribution in [1.29, 1.82) is 0 Å². The van der Waals surface area contributed by atoms with Crippen molar-refractivity contribution in [3.63, 3.8) is 0 Å². The van der Waals surface area contributed by atoms with Gasteiger partial charge in [0.15, 0.2) is 5.82 Å². The van der Waals surface area contributed by atoms with Crippen LogP contribution < -0.4 is 5.56 Å². The Kier molecular flexibility index (Phi) is 4.26. The zero-order chi connectivity index (χ0) is 18.1. The molecule has 1 aliphatic rings. The molecule has 0 unspecified atom stereocenters. The van der Waals surface area contributed by atoms with Crippen LogP contribution in [0.3, 0.4) is 0 Å². The van der Waals surface area contributed by atoms with Gasteiger partial charge in [0, 0.05) is 18.2 Å². The van der Waals surface area contributed by atoms with Crippen molar-refractivity contribution in [3.8, 4) is 0 Å². The zero-order valence-corrected chi connectivity index (χ0v) is 14.2. The Morgan fingerprint density at radius 2 is 2.27 bits per heavy atom. The van der Waals surface area contributed by atoms with E-state index in [4.69, 9.17) is 14.0 Å². The molecular formula is C18H17N3O5. The van der Waals surface area contributed by atoms with Crippen LogP contribution in [0.5, 0.6) is 0 Å². The number of hydrogen-bond donors (Lipinski definition) is 0. The summed E-state index contributed by atoms with van der Waals surface area (Å²) in [6, 6.07) is 6.69. The van der Waals surface area contributed by atoms with Crippen LogP contribution in [0.1, 0.15) is 41.0 Å². The van der Waals surface area contributed by atoms with Crippen LogP contribution >= 0.6 is 0 Å². The molecule has 1 atom stereocenters. The number of nitrogens with zero attached hydrogens (tertiary/aromatic N) is 3. The minimum atomic E-state index is -0.485. The van der Waals surface area contributed by atoms with E-state index in [1.54, 1.807) is 24.4 Å². The predicted molar refractivity (Wildman–Crippen MR) is 90.9 cm³/mol. The molecule has 0 radical (unpaired) electrons. The molecule has 2 aromatic heterocycles. The van der Waals surface area contributed by atoms with E-state index in [0.717, 1.165) is 18.2 Å². The largest absolute Gasteiger partial charge is 0.465 e. The Morgan fingerprint density at radius 3 is 3.04 bits per heavy atom. The SMILES string of the molecule is COC(=O)c1ccc2ccn(Cc3noc([C@@H]4CCCO4)n3)c(=O)c2c1. The first-order valence-corrected chi connectivity index (χ1v) is 8.31. The first-order valence-electron chi connectivity index (χ1n) is 8.31. The minimum absolute atomic E-state index is 0.160. The van der Waals surface area contributed by atoms with Gasteiger partial charge in [-0.25, -0.2) is 4.79 Å². The maximum atomic E-state index is 12.8. The number of methoxy groups -OCH3 is 1. The molecule has 0 saturated carbocycles. The van der Waals surface area contributed by atoms with Gasteiger partial charge in [-0.15, -0.1) is 0 Å².